The van der Waals surface area contributed by atoms with Crippen molar-refractivity contribution in [2.45, 2.75) is 45.4 Å². The van der Waals surface area contributed by atoms with Gasteiger partial charge in [0.25, 0.3) is 0 Å². The van der Waals surface area contributed by atoms with E-state index in [1.165, 1.54) is 24.0 Å². The minimum absolute atomic E-state index is 0.0572. The van der Waals surface area contributed by atoms with Crippen LogP contribution in [0.25, 0.3) is 0 Å². The summed E-state index contributed by atoms with van der Waals surface area (Å²) in [6.07, 6.45) is 5.69. The van der Waals surface area contributed by atoms with Crippen molar-refractivity contribution >= 4 is 5.91 Å². The predicted octanol–water partition coefficient (Wildman–Crippen LogP) is 2.60. The first-order valence-corrected chi connectivity index (χ1v) is 7.57. The third-order valence-corrected chi connectivity index (χ3v) is 4.54. The first-order valence-electron chi connectivity index (χ1n) is 7.57. The second-order valence-corrected chi connectivity index (χ2v) is 6.07. The van der Waals surface area contributed by atoms with Gasteiger partial charge >= 0.3 is 0 Å². The summed E-state index contributed by atoms with van der Waals surface area (Å²) in [5, 5.41) is 12.5. The minimum atomic E-state index is -0.0572. The Balaban J connectivity index is 1.77. The minimum Gasteiger partial charge on any atom is -0.396 e. The molecule has 20 heavy (non-hydrogen) atoms. The van der Waals surface area contributed by atoms with Crippen LogP contribution >= 0.6 is 0 Å². The number of benzene rings is 1. The number of aliphatic hydroxyl groups is 1. The fourth-order valence-electron chi connectivity index (χ4n) is 3.03. The van der Waals surface area contributed by atoms with Gasteiger partial charge in [0.2, 0.25) is 5.91 Å². The number of hydrogen-bond acceptors (Lipinski definition) is 2. The average molecular weight is 275 g/mol. The van der Waals surface area contributed by atoms with Gasteiger partial charge in [-0.25, -0.2) is 0 Å². The molecule has 0 aliphatic heterocycles. The van der Waals surface area contributed by atoms with Crippen LogP contribution in [0.5, 0.6) is 0 Å². The Morgan fingerprint density at radius 3 is 2.65 bits per heavy atom. The predicted molar refractivity (Wildman–Crippen MR) is 80.5 cm³/mol. The van der Waals surface area contributed by atoms with Gasteiger partial charge in [-0.1, -0.05) is 37.1 Å². The van der Waals surface area contributed by atoms with E-state index < -0.39 is 0 Å². The molecule has 0 spiro atoms. The maximum absolute atomic E-state index is 11.9. The van der Waals surface area contributed by atoms with E-state index in [4.69, 9.17) is 0 Å². The largest absolute Gasteiger partial charge is 0.396 e. The van der Waals surface area contributed by atoms with E-state index in [9.17, 15) is 9.90 Å². The summed E-state index contributed by atoms with van der Waals surface area (Å²) in [7, 11) is 0. The summed E-state index contributed by atoms with van der Waals surface area (Å²) in [6, 6.07) is 8.19. The fraction of sp³-hybridized carbons (Fsp3) is 0.588. The summed E-state index contributed by atoms with van der Waals surface area (Å²) < 4.78 is 0. The number of rotatable bonds is 6. The van der Waals surface area contributed by atoms with Crippen LogP contribution in [0.4, 0.5) is 0 Å². The van der Waals surface area contributed by atoms with Crippen LogP contribution < -0.4 is 5.32 Å². The van der Waals surface area contributed by atoms with Crippen LogP contribution in [0.3, 0.4) is 0 Å². The van der Waals surface area contributed by atoms with E-state index in [1.54, 1.807) is 0 Å². The van der Waals surface area contributed by atoms with Crippen molar-refractivity contribution in [3.05, 3.63) is 35.4 Å². The molecule has 0 heterocycles. The molecule has 0 radical (unpaired) electrons. The lowest BCUT2D eigenvalue weighted by atomic mass is 9.87. The van der Waals surface area contributed by atoms with E-state index >= 15 is 0 Å². The third-order valence-electron chi connectivity index (χ3n) is 4.54. The van der Waals surface area contributed by atoms with Crippen molar-refractivity contribution in [2.75, 3.05) is 13.2 Å². The Morgan fingerprint density at radius 1 is 1.30 bits per heavy atom. The SMILES string of the molecule is Cc1ccccc1CCC(=O)NCC1(CO)CCCC1. The van der Waals surface area contributed by atoms with E-state index in [1.807, 2.05) is 12.1 Å². The molecule has 3 nitrogen and oxygen atoms in total. The summed E-state index contributed by atoms with van der Waals surface area (Å²) in [5.74, 6) is 0.0907. The molecule has 0 bridgehead atoms. The Kier molecular flexibility index (Phi) is 5.18. The zero-order chi connectivity index (χ0) is 14.4. The van der Waals surface area contributed by atoms with Crippen LogP contribution in [0.2, 0.25) is 0 Å². The molecule has 2 N–H and O–H groups in total. The van der Waals surface area contributed by atoms with Gasteiger partial charge in [0.05, 0.1) is 6.61 Å². The smallest absolute Gasteiger partial charge is 0.220 e. The lowest BCUT2D eigenvalue weighted by Crippen LogP contribution is -2.38. The normalized spacial score (nSPS) is 17.1. The molecule has 1 aliphatic carbocycles. The van der Waals surface area contributed by atoms with Crippen molar-refractivity contribution in [1.82, 2.24) is 5.32 Å². The van der Waals surface area contributed by atoms with Crippen LogP contribution in [-0.2, 0) is 11.2 Å². The highest BCUT2D eigenvalue weighted by molar-refractivity contribution is 5.76. The molecule has 1 saturated carbocycles. The molecule has 1 aromatic rings. The maximum atomic E-state index is 11.9. The topological polar surface area (TPSA) is 49.3 Å². The van der Waals surface area contributed by atoms with Crippen molar-refractivity contribution in [3.63, 3.8) is 0 Å². The Hall–Kier alpha value is -1.35. The number of aliphatic hydroxyl groups excluding tert-OH is 1. The molecule has 1 aliphatic rings. The Bertz CT molecular complexity index is 450. The molecule has 0 unspecified atom stereocenters. The molecular formula is C17H25NO2. The molecule has 0 saturated heterocycles. The van der Waals surface area contributed by atoms with Gasteiger partial charge < -0.3 is 10.4 Å². The van der Waals surface area contributed by atoms with Crippen molar-refractivity contribution in [2.24, 2.45) is 5.41 Å². The lowest BCUT2D eigenvalue weighted by molar-refractivity contribution is -0.121. The highest BCUT2D eigenvalue weighted by Gasteiger charge is 2.33. The third kappa shape index (κ3) is 3.83. The van der Waals surface area contributed by atoms with E-state index in [0.717, 1.165) is 19.3 Å². The van der Waals surface area contributed by atoms with Gasteiger partial charge in [0.15, 0.2) is 0 Å². The van der Waals surface area contributed by atoms with Gasteiger partial charge in [-0.05, 0) is 37.3 Å². The summed E-state index contributed by atoms with van der Waals surface area (Å²) in [4.78, 5) is 11.9. The number of aryl methyl sites for hydroxylation is 2. The molecule has 0 atom stereocenters. The summed E-state index contributed by atoms with van der Waals surface area (Å²) in [5.41, 5.74) is 2.42. The van der Waals surface area contributed by atoms with Gasteiger partial charge in [-0.3, -0.25) is 4.79 Å². The summed E-state index contributed by atoms with van der Waals surface area (Å²) in [6.45, 7) is 2.88. The molecule has 1 amide bonds. The first-order chi connectivity index (χ1) is 9.65. The monoisotopic (exact) mass is 275 g/mol. The quantitative estimate of drug-likeness (QED) is 0.838. The lowest BCUT2D eigenvalue weighted by Gasteiger charge is -2.26. The van der Waals surface area contributed by atoms with Gasteiger partial charge in [-0.2, -0.15) is 0 Å². The molecule has 1 aromatic carbocycles. The van der Waals surface area contributed by atoms with Crippen molar-refractivity contribution < 1.29 is 9.90 Å². The number of carbonyl (C=O) groups excluding carboxylic acids is 1. The van der Waals surface area contributed by atoms with E-state index in [-0.39, 0.29) is 17.9 Å². The number of carbonyl (C=O) groups is 1. The Morgan fingerprint density at radius 2 is 2.00 bits per heavy atom. The zero-order valence-electron chi connectivity index (χ0n) is 12.3. The van der Waals surface area contributed by atoms with Gasteiger partial charge in [-0.15, -0.1) is 0 Å². The second kappa shape index (κ2) is 6.89. The van der Waals surface area contributed by atoms with E-state index in [0.29, 0.717) is 13.0 Å². The molecule has 110 valence electrons. The van der Waals surface area contributed by atoms with Crippen LogP contribution in [-0.4, -0.2) is 24.2 Å². The number of nitrogens with one attached hydrogen (secondary N) is 1. The van der Waals surface area contributed by atoms with Crippen molar-refractivity contribution in [3.8, 4) is 0 Å². The summed E-state index contributed by atoms with van der Waals surface area (Å²) >= 11 is 0. The van der Waals surface area contributed by atoms with Crippen molar-refractivity contribution in [1.29, 1.82) is 0 Å². The average Bonchev–Trinajstić information content (AvgIpc) is 2.94. The van der Waals surface area contributed by atoms with Gasteiger partial charge in [0.1, 0.15) is 0 Å². The highest BCUT2D eigenvalue weighted by atomic mass is 16.3. The van der Waals surface area contributed by atoms with E-state index in [2.05, 4.69) is 24.4 Å². The molecule has 2 rings (SSSR count). The zero-order valence-corrected chi connectivity index (χ0v) is 12.3. The maximum Gasteiger partial charge on any atom is 0.220 e. The second-order valence-electron chi connectivity index (χ2n) is 6.07. The number of amides is 1. The standard InChI is InChI=1S/C17H25NO2/c1-14-6-2-3-7-15(14)8-9-16(20)18-12-17(13-19)10-4-5-11-17/h2-3,6-7,19H,4-5,8-13H2,1H3,(H,18,20). The molecule has 1 fully saturated rings. The van der Waals surface area contributed by atoms with Crippen LogP contribution in [0.1, 0.15) is 43.2 Å². The molecular weight excluding hydrogens is 250 g/mol. The highest BCUT2D eigenvalue weighted by Crippen LogP contribution is 2.36. The van der Waals surface area contributed by atoms with Gasteiger partial charge in [0, 0.05) is 18.4 Å². The Labute approximate surface area is 121 Å². The molecule has 0 aromatic heterocycles. The first kappa shape index (κ1) is 15.0. The van der Waals surface area contributed by atoms with Crippen LogP contribution in [0, 0.1) is 12.3 Å². The number of hydrogen-bond donors (Lipinski definition) is 2. The molecule has 3 heteroatoms. The van der Waals surface area contributed by atoms with Crippen LogP contribution in [0.15, 0.2) is 24.3 Å². The fourth-order valence-corrected chi connectivity index (χ4v) is 3.03.